The lowest BCUT2D eigenvalue weighted by atomic mass is 9.95. The van der Waals surface area contributed by atoms with Crippen LogP contribution in [0.4, 0.5) is 0 Å². The molecule has 128 valence electrons. The van der Waals surface area contributed by atoms with Gasteiger partial charge in [-0.05, 0) is 50.3 Å². The van der Waals surface area contributed by atoms with Gasteiger partial charge in [-0.3, -0.25) is 4.79 Å². The van der Waals surface area contributed by atoms with Crippen molar-refractivity contribution in [3.05, 3.63) is 35.0 Å². The highest BCUT2D eigenvalue weighted by molar-refractivity contribution is 5.99. The average Bonchev–Trinajstić information content (AvgIpc) is 3.18. The molecule has 5 nitrogen and oxygen atoms in total. The summed E-state index contributed by atoms with van der Waals surface area (Å²) < 4.78 is 11.1. The summed E-state index contributed by atoms with van der Waals surface area (Å²) in [6.45, 7) is 3.63. The van der Waals surface area contributed by atoms with Gasteiger partial charge in [-0.2, -0.15) is 0 Å². The Labute approximate surface area is 141 Å². The van der Waals surface area contributed by atoms with Crippen molar-refractivity contribution in [3.63, 3.8) is 0 Å². The molecule has 1 saturated heterocycles. The lowest BCUT2D eigenvalue weighted by Crippen LogP contribution is -2.43. The van der Waals surface area contributed by atoms with E-state index in [9.17, 15) is 4.79 Å². The molecule has 1 aliphatic carbocycles. The maximum atomic E-state index is 12.6. The summed E-state index contributed by atoms with van der Waals surface area (Å²) in [4.78, 5) is 16.1. The Morgan fingerprint density at radius 3 is 3.08 bits per heavy atom. The molecule has 2 atom stereocenters. The van der Waals surface area contributed by atoms with Gasteiger partial charge in [-0.25, -0.2) is 0 Å². The summed E-state index contributed by atoms with van der Waals surface area (Å²) in [6.07, 6.45) is 4.69. The summed E-state index contributed by atoms with van der Waals surface area (Å²) in [5, 5.41) is 4.32. The molecule has 2 N–H and O–H groups in total. The molecule has 1 amide bonds. The van der Waals surface area contributed by atoms with Crippen LogP contribution in [0.2, 0.25) is 0 Å². The van der Waals surface area contributed by atoms with Gasteiger partial charge in [0.25, 0.3) is 5.91 Å². The summed E-state index contributed by atoms with van der Waals surface area (Å²) in [6, 6.07) is 5.89. The van der Waals surface area contributed by atoms with Crippen molar-refractivity contribution >= 4 is 16.8 Å². The molecule has 0 spiro atoms. The zero-order valence-corrected chi connectivity index (χ0v) is 14.1. The quantitative estimate of drug-likeness (QED) is 0.907. The van der Waals surface area contributed by atoms with Crippen molar-refractivity contribution in [2.75, 3.05) is 19.8 Å². The number of hydrogen-bond acceptors (Lipinski definition) is 3. The Bertz CT molecular complexity index is 752. The first-order valence-corrected chi connectivity index (χ1v) is 8.90. The molecule has 0 bridgehead atoms. The van der Waals surface area contributed by atoms with Gasteiger partial charge < -0.3 is 19.8 Å². The first kappa shape index (κ1) is 15.7. The molecule has 1 aliphatic heterocycles. The van der Waals surface area contributed by atoms with E-state index in [4.69, 9.17) is 9.47 Å². The number of benzene rings is 1. The Morgan fingerprint density at radius 1 is 1.33 bits per heavy atom. The van der Waals surface area contributed by atoms with E-state index in [1.807, 2.05) is 19.1 Å². The molecule has 0 saturated carbocycles. The van der Waals surface area contributed by atoms with Crippen molar-refractivity contribution in [1.82, 2.24) is 10.3 Å². The van der Waals surface area contributed by atoms with Crippen LogP contribution in [-0.2, 0) is 22.3 Å². The number of carbonyl (C=O) groups is 1. The molecule has 4 rings (SSSR count). The van der Waals surface area contributed by atoms with Gasteiger partial charge in [-0.15, -0.1) is 0 Å². The molecule has 2 aliphatic rings. The van der Waals surface area contributed by atoms with Gasteiger partial charge in [0.2, 0.25) is 0 Å². The fourth-order valence-corrected chi connectivity index (χ4v) is 3.85. The normalized spacial score (nSPS) is 23.4. The number of ether oxygens (including phenoxy) is 2. The minimum Gasteiger partial charge on any atom is -0.376 e. The second-order valence-corrected chi connectivity index (χ2v) is 6.66. The molecule has 5 heteroatoms. The Balaban J connectivity index is 1.54. The van der Waals surface area contributed by atoms with Crippen LogP contribution >= 0.6 is 0 Å². The van der Waals surface area contributed by atoms with Crippen LogP contribution in [0, 0.1) is 0 Å². The van der Waals surface area contributed by atoms with Crippen molar-refractivity contribution in [2.45, 2.75) is 44.8 Å². The molecule has 2 heterocycles. The van der Waals surface area contributed by atoms with Crippen LogP contribution in [0.15, 0.2) is 18.2 Å². The SMILES string of the molecule is CCO[C@@H]1COC[C@H]1NC(=O)c1ccc2c3c([nH]c2c1)CCCC3. The molecular formula is C19H24N2O3. The Hall–Kier alpha value is -1.85. The third kappa shape index (κ3) is 2.82. The first-order chi connectivity index (χ1) is 11.8. The van der Waals surface area contributed by atoms with Gasteiger partial charge in [0, 0.05) is 28.8 Å². The number of H-pyrrole nitrogens is 1. The van der Waals surface area contributed by atoms with Gasteiger partial charge in [0.1, 0.15) is 6.10 Å². The maximum Gasteiger partial charge on any atom is 0.251 e. The summed E-state index contributed by atoms with van der Waals surface area (Å²) in [7, 11) is 0. The molecule has 1 fully saturated rings. The van der Waals surface area contributed by atoms with E-state index in [0.717, 1.165) is 18.4 Å². The number of fused-ring (bicyclic) bond motifs is 3. The fraction of sp³-hybridized carbons (Fsp3) is 0.526. The number of nitrogens with one attached hydrogen (secondary N) is 2. The van der Waals surface area contributed by atoms with E-state index in [-0.39, 0.29) is 18.1 Å². The topological polar surface area (TPSA) is 63.4 Å². The van der Waals surface area contributed by atoms with Crippen molar-refractivity contribution in [1.29, 1.82) is 0 Å². The summed E-state index contributed by atoms with van der Waals surface area (Å²) in [5.41, 5.74) is 4.53. The highest BCUT2D eigenvalue weighted by Gasteiger charge is 2.30. The monoisotopic (exact) mass is 328 g/mol. The standard InChI is InChI=1S/C19H24N2O3/c1-2-24-18-11-23-10-17(18)21-19(22)12-7-8-14-13-5-3-4-6-15(13)20-16(14)9-12/h7-9,17-18,20H,2-6,10-11H2,1H3,(H,21,22)/t17-,18-/m1/s1. The maximum absolute atomic E-state index is 12.6. The van der Waals surface area contributed by atoms with Crippen molar-refractivity contribution in [3.8, 4) is 0 Å². The first-order valence-electron chi connectivity index (χ1n) is 8.90. The highest BCUT2D eigenvalue weighted by atomic mass is 16.5. The number of carbonyl (C=O) groups excluding carboxylic acids is 1. The third-order valence-corrected chi connectivity index (χ3v) is 5.09. The van der Waals surface area contributed by atoms with E-state index in [2.05, 4.69) is 16.4 Å². The van der Waals surface area contributed by atoms with E-state index < -0.39 is 0 Å². The smallest absolute Gasteiger partial charge is 0.251 e. The largest absolute Gasteiger partial charge is 0.376 e. The lowest BCUT2D eigenvalue weighted by molar-refractivity contribution is 0.0402. The van der Waals surface area contributed by atoms with Crippen LogP contribution in [0.3, 0.4) is 0 Å². The van der Waals surface area contributed by atoms with Gasteiger partial charge >= 0.3 is 0 Å². The number of rotatable bonds is 4. The van der Waals surface area contributed by atoms with Crippen LogP contribution in [0.5, 0.6) is 0 Å². The van der Waals surface area contributed by atoms with Gasteiger partial charge in [0.15, 0.2) is 0 Å². The number of aromatic amines is 1. The third-order valence-electron chi connectivity index (χ3n) is 5.09. The number of hydrogen-bond donors (Lipinski definition) is 2. The van der Waals surface area contributed by atoms with Gasteiger partial charge in [-0.1, -0.05) is 6.07 Å². The molecule has 1 aromatic carbocycles. The highest BCUT2D eigenvalue weighted by Crippen LogP contribution is 2.29. The average molecular weight is 328 g/mol. The van der Waals surface area contributed by atoms with E-state index >= 15 is 0 Å². The van der Waals surface area contributed by atoms with Crippen molar-refractivity contribution in [2.24, 2.45) is 0 Å². The minimum absolute atomic E-state index is 0.0551. The predicted octanol–water partition coefficient (Wildman–Crippen LogP) is 2.58. The molecule has 1 aromatic heterocycles. The van der Waals surface area contributed by atoms with Crippen molar-refractivity contribution < 1.29 is 14.3 Å². The summed E-state index contributed by atoms with van der Waals surface area (Å²) >= 11 is 0. The van der Waals surface area contributed by atoms with E-state index in [1.165, 1.54) is 29.5 Å². The molecule has 0 unspecified atom stereocenters. The fourth-order valence-electron chi connectivity index (χ4n) is 3.85. The van der Waals surface area contributed by atoms with Crippen LogP contribution < -0.4 is 5.32 Å². The van der Waals surface area contributed by atoms with Crippen LogP contribution in [0.25, 0.3) is 10.9 Å². The number of aryl methyl sites for hydroxylation is 2. The molecule has 2 aromatic rings. The van der Waals surface area contributed by atoms with E-state index in [0.29, 0.717) is 25.4 Å². The Morgan fingerprint density at radius 2 is 2.21 bits per heavy atom. The predicted molar refractivity (Wildman–Crippen MR) is 92.4 cm³/mol. The Kier molecular flexibility index (Phi) is 4.29. The zero-order valence-electron chi connectivity index (χ0n) is 14.1. The molecule has 0 radical (unpaired) electrons. The molecular weight excluding hydrogens is 304 g/mol. The van der Waals surface area contributed by atoms with Crippen LogP contribution in [0.1, 0.15) is 41.4 Å². The number of amides is 1. The zero-order chi connectivity index (χ0) is 16.5. The second kappa shape index (κ2) is 6.57. The number of aromatic nitrogens is 1. The minimum atomic E-state index is -0.0787. The van der Waals surface area contributed by atoms with E-state index in [1.54, 1.807) is 0 Å². The second-order valence-electron chi connectivity index (χ2n) is 6.66. The van der Waals surface area contributed by atoms with Crippen LogP contribution in [-0.4, -0.2) is 42.9 Å². The molecule has 24 heavy (non-hydrogen) atoms. The lowest BCUT2D eigenvalue weighted by Gasteiger charge is -2.18. The van der Waals surface area contributed by atoms with Gasteiger partial charge in [0.05, 0.1) is 19.3 Å². The summed E-state index contributed by atoms with van der Waals surface area (Å²) in [5.74, 6) is -0.0651.